The summed E-state index contributed by atoms with van der Waals surface area (Å²) >= 11 is 0. The molecule has 0 bridgehead atoms. The number of aliphatic carboxylic acids is 1. The lowest BCUT2D eigenvalue weighted by atomic mass is 10.0. The maximum Gasteiger partial charge on any atom is 0.329 e. The Morgan fingerprint density at radius 3 is 2.11 bits per heavy atom. The summed E-state index contributed by atoms with van der Waals surface area (Å²) in [5.41, 5.74) is -1.80. The zero-order valence-electron chi connectivity index (χ0n) is 12.0. The van der Waals surface area contributed by atoms with Gasteiger partial charge in [0.1, 0.15) is 5.54 Å². The highest BCUT2D eigenvalue weighted by atomic mass is 16.5. The van der Waals surface area contributed by atoms with E-state index in [9.17, 15) is 9.59 Å². The molecule has 0 heterocycles. The van der Waals surface area contributed by atoms with Crippen molar-refractivity contribution < 1.29 is 19.4 Å². The minimum Gasteiger partial charge on any atom is -0.480 e. The molecule has 0 fully saturated rings. The van der Waals surface area contributed by atoms with Crippen molar-refractivity contribution in [2.75, 3.05) is 20.3 Å². The molecule has 2 amide bonds. The van der Waals surface area contributed by atoms with Crippen LogP contribution in [0, 0.1) is 0 Å². The number of methoxy groups -OCH3 is 1. The first-order chi connectivity index (χ1) is 8.08. The molecule has 0 radical (unpaired) electrons. The number of carbonyl (C=O) groups is 2. The zero-order chi connectivity index (χ0) is 14.6. The fourth-order valence-corrected chi connectivity index (χ4v) is 1.66. The number of carboxylic acid groups (broad SMARTS) is 1. The third kappa shape index (κ3) is 4.18. The van der Waals surface area contributed by atoms with Gasteiger partial charge in [-0.3, -0.25) is 0 Å². The Balaban J connectivity index is 4.89. The van der Waals surface area contributed by atoms with Gasteiger partial charge in [-0.2, -0.15) is 0 Å². The van der Waals surface area contributed by atoms with Gasteiger partial charge < -0.3 is 20.1 Å². The van der Waals surface area contributed by atoms with Crippen LogP contribution in [0.25, 0.3) is 0 Å². The minimum absolute atomic E-state index is 0.314. The summed E-state index contributed by atoms with van der Waals surface area (Å²) in [6, 6.07) is -0.410. The van der Waals surface area contributed by atoms with Crippen LogP contribution in [0.1, 0.15) is 34.6 Å². The average Bonchev–Trinajstić information content (AvgIpc) is 2.16. The van der Waals surface area contributed by atoms with Gasteiger partial charge in [0, 0.05) is 13.7 Å². The van der Waals surface area contributed by atoms with Crippen LogP contribution in [0.15, 0.2) is 0 Å². The quantitative estimate of drug-likeness (QED) is 0.754. The molecule has 0 aliphatic heterocycles. The predicted octanol–water partition coefficient (Wildman–Crippen LogP) is 1.31. The Labute approximate surface area is 108 Å². The molecule has 0 spiro atoms. The normalized spacial score (nSPS) is 12.1. The van der Waals surface area contributed by atoms with E-state index in [1.807, 2.05) is 13.8 Å². The minimum atomic E-state index is -1.25. The van der Waals surface area contributed by atoms with Crippen LogP contribution in [0.3, 0.4) is 0 Å². The SMILES string of the molecule is CCN(C(=O)NC(C)(C)COC)C(C)(C)C(=O)O. The second-order valence-corrected chi connectivity index (χ2v) is 5.36. The summed E-state index contributed by atoms with van der Waals surface area (Å²) in [6.07, 6.45) is 0. The Morgan fingerprint density at radius 2 is 1.78 bits per heavy atom. The lowest BCUT2D eigenvalue weighted by Gasteiger charge is -2.37. The van der Waals surface area contributed by atoms with Crippen LogP contribution in [0.4, 0.5) is 4.79 Å². The molecule has 18 heavy (non-hydrogen) atoms. The first-order valence-corrected chi connectivity index (χ1v) is 5.90. The van der Waals surface area contributed by atoms with Gasteiger partial charge in [0.05, 0.1) is 12.1 Å². The van der Waals surface area contributed by atoms with E-state index in [1.165, 1.54) is 18.7 Å². The van der Waals surface area contributed by atoms with Gasteiger partial charge in [-0.25, -0.2) is 9.59 Å². The Morgan fingerprint density at radius 1 is 1.28 bits per heavy atom. The zero-order valence-corrected chi connectivity index (χ0v) is 12.0. The molecule has 0 aromatic heterocycles. The van der Waals surface area contributed by atoms with Gasteiger partial charge in [-0.05, 0) is 34.6 Å². The third-order valence-corrected chi connectivity index (χ3v) is 2.71. The standard InChI is InChI=1S/C12H24N2O4/c1-7-14(12(4,5)9(15)16)10(17)13-11(2,3)8-18-6/h7-8H2,1-6H3,(H,13,17)(H,15,16). The van der Waals surface area contributed by atoms with E-state index in [0.29, 0.717) is 13.2 Å². The summed E-state index contributed by atoms with van der Waals surface area (Å²) in [5.74, 6) is -1.04. The molecule has 0 saturated carbocycles. The average molecular weight is 260 g/mol. The van der Waals surface area contributed by atoms with E-state index in [1.54, 1.807) is 14.0 Å². The molecule has 0 aromatic rings. The van der Waals surface area contributed by atoms with Crippen molar-refractivity contribution in [1.29, 1.82) is 0 Å². The van der Waals surface area contributed by atoms with Gasteiger partial charge in [-0.1, -0.05) is 0 Å². The van der Waals surface area contributed by atoms with Gasteiger partial charge in [-0.15, -0.1) is 0 Å². The number of nitrogens with zero attached hydrogens (tertiary/aromatic N) is 1. The lowest BCUT2D eigenvalue weighted by Crippen LogP contribution is -2.60. The summed E-state index contributed by atoms with van der Waals surface area (Å²) in [7, 11) is 1.55. The molecular weight excluding hydrogens is 236 g/mol. The van der Waals surface area contributed by atoms with Crippen molar-refractivity contribution in [2.45, 2.75) is 45.7 Å². The largest absolute Gasteiger partial charge is 0.480 e. The topological polar surface area (TPSA) is 78.9 Å². The molecule has 0 saturated heterocycles. The van der Waals surface area contributed by atoms with Crippen molar-refractivity contribution in [3.8, 4) is 0 Å². The molecule has 0 aliphatic rings. The smallest absolute Gasteiger partial charge is 0.329 e. The monoisotopic (exact) mass is 260 g/mol. The number of urea groups is 1. The van der Waals surface area contributed by atoms with E-state index in [0.717, 1.165) is 0 Å². The maximum absolute atomic E-state index is 12.1. The first kappa shape index (κ1) is 16.7. The summed E-state index contributed by atoms with van der Waals surface area (Å²) in [5, 5.41) is 11.9. The molecule has 6 heteroatoms. The highest BCUT2D eigenvalue weighted by molar-refractivity contribution is 5.85. The summed E-state index contributed by atoms with van der Waals surface area (Å²) < 4.78 is 5.00. The molecular formula is C12H24N2O4. The molecule has 0 aromatic carbocycles. The molecule has 0 unspecified atom stereocenters. The second-order valence-electron chi connectivity index (χ2n) is 5.36. The number of hydrogen-bond acceptors (Lipinski definition) is 3. The van der Waals surface area contributed by atoms with Crippen LogP contribution < -0.4 is 5.32 Å². The van der Waals surface area contributed by atoms with E-state index in [2.05, 4.69) is 5.32 Å². The lowest BCUT2D eigenvalue weighted by molar-refractivity contribution is -0.147. The highest BCUT2D eigenvalue weighted by Crippen LogP contribution is 2.16. The number of amides is 2. The van der Waals surface area contributed by atoms with E-state index >= 15 is 0 Å². The third-order valence-electron chi connectivity index (χ3n) is 2.71. The van der Waals surface area contributed by atoms with Crippen molar-refractivity contribution in [2.24, 2.45) is 0 Å². The molecule has 6 nitrogen and oxygen atoms in total. The van der Waals surface area contributed by atoms with E-state index in [-0.39, 0.29) is 0 Å². The van der Waals surface area contributed by atoms with Gasteiger partial charge in [0.2, 0.25) is 0 Å². The van der Waals surface area contributed by atoms with Crippen LogP contribution >= 0.6 is 0 Å². The molecule has 2 N–H and O–H groups in total. The number of rotatable bonds is 6. The van der Waals surface area contributed by atoms with Crippen molar-refractivity contribution >= 4 is 12.0 Å². The Kier molecular flexibility index (Phi) is 5.60. The molecule has 0 atom stereocenters. The molecule has 0 aliphatic carbocycles. The van der Waals surface area contributed by atoms with Crippen molar-refractivity contribution in [3.05, 3.63) is 0 Å². The maximum atomic E-state index is 12.1. The second kappa shape index (κ2) is 6.04. The number of nitrogens with one attached hydrogen (secondary N) is 1. The number of hydrogen-bond donors (Lipinski definition) is 2. The van der Waals surface area contributed by atoms with Crippen LogP contribution in [-0.2, 0) is 9.53 Å². The van der Waals surface area contributed by atoms with Gasteiger partial charge in [0.25, 0.3) is 0 Å². The summed E-state index contributed by atoms with van der Waals surface area (Å²) in [6.45, 7) is 9.04. The fourth-order valence-electron chi connectivity index (χ4n) is 1.66. The molecule has 106 valence electrons. The predicted molar refractivity (Wildman–Crippen MR) is 68.6 cm³/mol. The van der Waals surface area contributed by atoms with E-state index in [4.69, 9.17) is 9.84 Å². The first-order valence-electron chi connectivity index (χ1n) is 5.90. The molecule has 0 rings (SSSR count). The Bertz CT molecular complexity index is 313. The van der Waals surface area contributed by atoms with Crippen LogP contribution in [0.5, 0.6) is 0 Å². The van der Waals surface area contributed by atoms with Gasteiger partial charge >= 0.3 is 12.0 Å². The number of carboxylic acids is 1. The van der Waals surface area contributed by atoms with Crippen molar-refractivity contribution in [3.63, 3.8) is 0 Å². The van der Waals surface area contributed by atoms with Crippen LogP contribution in [-0.4, -0.2) is 53.3 Å². The van der Waals surface area contributed by atoms with Gasteiger partial charge in [0.15, 0.2) is 0 Å². The number of carbonyl (C=O) groups excluding carboxylic acids is 1. The summed E-state index contributed by atoms with van der Waals surface area (Å²) in [4.78, 5) is 24.6. The number of ether oxygens (including phenoxy) is 1. The fraction of sp³-hybridized carbons (Fsp3) is 0.833. The van der Waals surface area contributed by atoms with Crippen molar-refractivity contribution in [1.82, 2.24) is 10.2 Å². The number of likely N-dealkylation sites (N-methyl/N-ethyl adjacent to an activating group) is 1. The van der Waals surface area contributed by atoms with Crippen LogP contribution in [0.2, 0.25) is 0 Å². The Hall–Kier alpha value is -1.30. The highest BCUT2D eigenvalue weighted by Gasteiger charge is 2.38. The van der Waals surface area contributed by atoms with E-state index < -0.39 is 23.1 Å².